The van der Waals surface area contributed by atoms with E-state index >= 15 is 0 Å². The maximum atomic E-state index is 12.8. The van der Waals surface area contributed by atoms with Crippen LogP contribution in [0.1, 0.15) is 60.9 Å². The molecule has 1 fully saturated rings. The van der Waals surface area contributed by atoms with Crippen LogP contribution in [0.25, 0.3) is 0 Å². The summed E-state index contributed by atoms with van der Waals surface area (Å²) in [6.45, 7) is 3.45. The third-order valence-corrected chi connectivity index (χ3v) is 6.04. The van der Waals surface area contributed by atoms with Crippen LogP contribution < -0.4 is 4.90 Å². The van der Waals surface area contributed by atoms with Crippen molar-refractivity contribution < 1.29 is 14.3 Å². The summed E-state index contributed by atoms with van der Waals surface area (Å²) < 4.78 is 5.09. The minimum Gasteiger partial charge on any atom is -0.384 e. The molecule has 0 radical (unpaired) electrons. The van der Waals surface area contributed by atoms with Gasteiger partial charge in [0.1, 0.15) is 5.82 Å². The Morgan fingerprint density at radius 1 is 1.23 bits per heavy atom. The SMILES string of the molecule is COCCC(=O)N1CCCCC1c1nc(C)c2c(n1)N(Cc1ccccn1)C(=O)CC2. The average molecular weight is 424 g/mol. The first-order chi connectivity index (χ1) is 15.1. The number of aromatic nitrogens is 3. The zero-order chi connectivity index (χ0) is 21.8. The smallest absolute Gasteiger partial charge is 0.228 e. The molecule has 2 aliphatic rings. The highest BCUT2D eigenvalue weighted by Gasteiger charge is 2.33. The Morgan fingerprint density at radius 3 is 2.87 bits per heavy atom. The van der Waals surface area contributed by atoms with Gasteiger partial charge in [0.2, 0.25) is 11.8 Å². The number of rotatable bonds is 6. The number of ether oxygens (including phenoxy) is 1. The van der Waals surface area contributed by atoms with Crippen molar-refractivity contribution in [1.29, 1.82) is 0 Å². The Morgan fingerprint density at radius 2 is 2.10 bits per heavy atom. The lowest BCUT2D eigenvalue weighted by molar-refractivity contribution is -0.136. The minimum atomic E-state index is -0.171. The van der Waals surface area contributed by atoms with Gasteiger partial charge in [0.25, 0.3) is 0 Å². The molecule has 0 bridgehead atoms. The van der Waals surface area contributed by atoms with Crippen molar-refractivity contribution in [2.45, 2.75) is 58.0 Å². The van der Waals surface area contributed by atoms with E-state index in [1.807, 2.05) is 30.0 Å². The Kier molecular flexibility index (Phi) is 6.56. The molecular weight excluding hydrogens is 394 g/mol. The van der Waals surface area contributed by atoms with E-state index in [0.29, 0.717) is 50.6 Å². The van der Waals surface area contributed by atoms with Crippen molar-refractivity contribution in [2.75, 3.05) is 25.2 Å². The molecule has 4 heterocycles. The van der Waals surface area contributed by atoms with Crippen LogP contribution in [0, 0.1) is 6.92 Å². The van der Waals surface area contributed by atoms with Crippen molar-refractivity contribution in [3.8, 4) is 0 Å². The summed E-state index contributed by atoms with van der Waals surface area (Å²) in [5.41, 5.74) is 2.70. The van der Waals surface area contributed by atoms with Crippen molar-refractivity contribution in [3.63, 3.8) is 0 Å². The molecule has 2 amide bonds. The Bertz CT molecular complexity index is 950. The molecule has 0 spiro atoms. The van der Waals surface area contributed by atoms with E-state index in [2.05, 4.69) is 4.98 Å². The first-order valence-corrected chi connectivity index (χ1v) is 10.9. The Labute approximate surface area is 182 Å². The van der Waals surface area contributed by atoms with Gasteiger partial charge in [0.15, 0.2) is 5.82 Å². The molecular formula is C23H29N5O3. The van der Waals surface area contributed by atoms with Gasteiger partial charge < -0.3 is 9.64 Å². The fraction of sp³-hybridized carbons (Fsp3) is 0.522. The second-order valence-electron chi connectivity index (χ2n) is 8.11. The third-order valence-electron chi connectivity index (χ3n) is 6.04. The maximum absolute atomic E-state index is 12.8. The van der Waals surface area contributed by atoms with Crippen molar-refractivity contribution in [2.24, 2.45) is 0 Å². The van der Waals surface area contributed by atoms with E-state index in [1.165, 1.54) is 0 Å². The number of anilines is 1. The molecule has 8 nitrogen and oxygen atoms in total. The van der Waals surface area contributed by atoms with Crippen LogP contribution in [0.5, 0.6) is 0 Å². The molecule has 2 aromatic heterocycles. The van der Waals surface area contributed by atoms with Crippen LogP contribution in [0.2, 0.25) is 0 Å². The van der Waals surface area contributed by atoms with Crippen LogP contribution >= 0.6 is 0 Å². The lowest BCUT2D eigenvalue weighted by Gasteiger charge is -2.36. The third kappa shape index (κ3) is 4.58. The molecule has 1 unspecified atom stereocenters. The normalized spacial score (nSPS) is 18.8. The number of aryl methyl sites for hydroxylation is 1. The van der Waals surface area contributed by atoms with Gasteiger partial charge in [-0.05, 0) is 44.7 Å². The largest absolute Gasteiger partial charge is 0.384 e. The van der Waals surface area contributed by atoms with Crippen LogP contribution in [0.15, 0.2) is 24.4 Å². The molecule has 1 saturated heterocycles. The molecule has 0 aliphatic carbocycles. The second-order valence-corrected chi connectivity index (χ2v) is 8.11. The topological polar surface area (TPSA) is 88.5 Å². The lowest BCUT2D eigenvalue weighted by atomic mass is 9.99. The second kappa shape index (κ2) is 9.51. The molecule has 31 heavy (non-hydrogen) atoms. The Balaban J connectivity index is 1.68. The number of pyridine rings is 1. The van der Waals surface area contributed by atoms with Crippen LogP contribution in [0.4, 0.5) is 5.82 Å². The summed E-state index contributed by atoms with van der Waals surface area (Å²) in [5, 5.41) is 0. The number of carbonyl (C=O) groups is 2. The highest BCUT2D eigenvalue weighted by Crippen LogP contribution is 2.34. The van der Waals surface area contributed by atoms with Crippen molar-refractivity contribution in [3.05, 3.63) is 47.2 Å². The van der Waals surface area contributed by atoms with E-state index in [0.717, 1.165) is 36.2 Å². The maximum Gasteiger partial charge on any atom is 0.228 e. The average Bonchev–Trinajstić information content (AvgIpc) is 2.80. The fourth-order valence-electron chi connectivity index (χ4n) is 4.40. The fourth-order valence-corrected chi connectivity index (χ4v) is 4.40. The molecule has 164 valence electrons. The molecule has 2 aromatic rings. The number of piperidine rings is 1. The van der Waals surface area contributed by atoms with Gasteiger partial charge in [-0.15, -0.1) is 0 Å². The highest BCUT2D eigenvalue weighted by atomic mass is 16.5. The summed E-state index contributed by atoms with van der Waals surface area (Å²) in [6.07, 6.45) is 5.98. The summed E-state index contributed by atoms with van der Waals surface area (Å²) in [4.78, 5) is 43.3. The summed E-state index contributed by atoms with van der Waals surface area (Å²) in [5.74, 6) is 1.40. The number of likely N-dealkylation sites (tertiary alicyclic amines) is 1. The van der Waals surface area contributed by atoms with Gasteiger partial charge in [-0.3, -0.25) is 19.5 Å². The van der Waals surface area contributed by atoms with Gasteiger partial charge in [-0.2, -0.15) is 0 Å². The number of fused-ring (bicyclic) bond motifs is 1. The molecule has 2 aliphatic heterocycles. The number of carbonyl (C=O) groups excluding carboxylic acids is 2. The molecule has 0 saturated carbocycles. The standard InChI is InChI=1S/C23H29N5O3/c1-16-18-9-10-20(29)28(15-17-7-3-5-12-24-17)23(18)26-22(25-16)19-8-4-6-13-27(19)21(30)11-14-31-2/h3,5,7,12,19H,4,6,8-11,13-15H2,1-2H3. The minimum absolute atomic E-state index is 0.0406. The predicted molar refractivity (Wildman–Crippen MR) is 115 cm³/mol. The monoisotopic (exact) mass is 423 g/mol. The van der Waals surface area contributed by atoms with Gasteiger partial charge >= 0.3 is 0 Å². The van der Waals surface area contributed by atoms with Crippen LogP contribution in [0.3, 0.4) is 0 Å². The van der Waals surface area contributed by atoms with Gasteiger partial charge in [-0.1, -0.05) is 6.07 Å². The first kappa shape index (κ1) is 21.4. The molecule has 1 atom stereocenters. The molecule has 0 N–H and O–H groups in total. The predicted octanol–water partition coefficient (Wildman–Crippen LogP) is 2.75. The van der Waals surface area contributed by atoms with E-state index < -0.39 is 0 Å². The van der Waals surface area contributed by atoms with Gasteiger partial charge in [-0.25, -0.2) is 9.97 Å². The molecule has 8 heteroatoms. The van der Waals surface area contributed by atoms with Gasteiger partial charge in [0, 0.05) is 37.5 Å². The van der Waals surface area contributed by atoms with E-state index in [4.69, 9.17) is 14.7 Å². The number of hydrogen-bond donors (Lipinski definition) is 0. The van der Waals surface area contributed by atoms with Gasteiger partial charge in [0.05, 0.1) is 31.3 Å². The van der Waals surface area contributed by atoms with Crippen LogP contribution in [-0.2, 0) is 27.3 Å². The quantitative estimate of drug-likeness (QED) is 0.710. The van der Waals surface area contributed by atoms with Crippen molar-refractivity contribution >= 4 is 17.6 Å². The number of nitrogens with zero attached hydrogens (tertiary/aromatic N) is 5. The number of methoxy groups -OCH3 is 1. The zero-order valence-electron chi connectivity index (χ0n) is 18.2. The van der Waals surface area contributed by atoms with Crippen molar-refractivity contribution in [1.82, 2.24) is 19.9 Å². The molecule has 0 aromatic carbocycles. The highest BCUT2D eigenvalue weighted by molar-refractivity contribution is 5.95. The van der Waals surface area contributed by atoms with E-state index in [9.17, 15) is 9.59 Å². The van der Waals surface area contributed by atoms with E-state index in [-0.39, 0.29) is 17.9 Å². The van der Waals surface area contributed by atoms with E-state index in [1.54, 1.807) is 18.2 Å². The number of hydrogen-bond acceptors (Lipinski definition) is 6. The summed E-state index contributed by atoms with van der Waals surface area (Å²) in [6, 6.07) is 5.52. The Hall–Kier alpha value is -2.87. The summed E-state index contributed by atoms with van der Waals surface area (Å²) >= 11 is 0. The summed E-state index contributed by atoms with van der Waals surface area (Å²) in [7, 11) is 1.60. The number of amides is 2. The first-order valence-electron chi connectivity index (χ1n) is 10.9. The zero-order valence-corrected chi connectivity index (χ0v) is 18.2. The molecule has 4 rings (SSSR count). The lowest BCUT2D eigenvalue weighted by Crippen LogP contribution is -2.41. The van der Waals surface area contributed by atoms with Crippen LogP contribution in [-0.4, -0.2) is 51.9 Å².